The quantitative estimate of drug-likeness (QED) is 0.587. The second kappa shape index (κ2) is 6.93. The third kappa shape index (κ3) is 4.40. The van der Waals surface area contributed by atoms with Crippen molar-refractivity contribution in [3.05, 3.63) is 0 Å². The molecule has 8 heteroatoms. The van der Waals surface area contributed by atoms with Gasteiger partial charge in [0.25, 0.3) is 0 Å². The lowest BCUT2D eigenvalue weighted by molar-refractivity contribution is -0.142. The van der Waals surface area contributed by atoms with E-state index in [2.05, 4.69) is 10.6 Å². The SMILES string of the molecule is CCN(C)C(=O)CNC(=O)NC1COCC1C(=O)O. The normalized spacial score (nSPS) is 21.8. The van der Waals surface area contributed by atoms with Crippen molar-refractivity contribution in [3.8, 4) is 0 Å². The van der Waals surface area contributed by atoms with E-state index in [1.807, 2.05) is 6.92 Å². The maximum absolute atomic E-state index is 11.5. The zero-order valence-corrected chi connectivity index (χ0v) is 11.0. The van der Waals surface area contributed by atoms with Crippen molar-refractivity contribution in [1.82, 2.24) is 15.5 Å². The van der Waals surface area contributed by atoms with Crippen LogP contribution in [0.4, 0.5) is 4.79 Å². The van der Waals surface area contributed by atoms with Crippen molar-refractivity contribution in [2.45, 2.75) is 13.0 Å². The number of carboxylic acids is 1. The number of nitrogens with zero attached hydrogens (tertiary/aromatic N) is 1. The molecule has 0 aromatic carbocycles. The highest BCUT2D eigenvalue weighted by Crippen LogP contribution is 2.13. The average Bonchev–Trinajstić information content (AvgIpc) is 2.83. The number of nitrogens with one attached hydrogen (secondary N) is 2. The van der Waals surface area contributed by atoms with Crippen molar-refractivity contribution in [3.63, 3.8) is 0 Å². The predicted molar refractivity (Wildman–Crippen MR) is 65.6 cm³/mol. The number of aliphatic carboxylic acids is 1. The summed E-state index contributed by atoms with van der Waals surface area (Å²) < 4.78 is 5.01. The number of carbonyl (C=O) groups is 3. The Bertz CT molecular complexity index is 360. The van der Waals surface area contributed by atoms with Crippen LogP contribution in [0.5, 0.6) is 0 Å². The van der Waals surface area contributed by atoms with Gasteiger partial charge in [-0.2, -0.15) is 0 Å². The minimum atomic E-state index is -1.01. The number of ether oxygens (including phenoxy) is 1. The van der Waals surface area contributed by atoms with Crippen molar-refractivity contribution >= 4 is 17.9 Å². The van der Waals surface area contributed by atoms with Gasteiger partial charge in [0.2, 0.25) is 5.91 Å². The molecule has 108 valence electrons. The van der Waals surface area contributed by atoms with Gasteiger partial charge in [-0.05, 0) is 6.92 Å². The van der Waals surface area contributed by atoms with Gasteiger partial charge in [0, 0.05) is 13.6 Å². The number of hydrogen-bond donors (Lipinski definition) is 3. The van der Waals surface area contributed by atoms with Crippen LogP contribution in [0.1, 0.15) is 6.92 Å². The maximum Gasteiger partial charge on any atom is 0.315 e. The van der Waals surface area contributed by atoms with Gasteiger partial charge in [-0.3, -0.25) is 9.59 Å². The molecule has 0 aliphatic carbocycles. The van der Waals surface area contributed by atoms with Gasteiger partial charge in [-0.25, -0.2) is 4.79 Å². The van der Waals surface area contributed by atoms with E-state index in [9.17, 15) is 14.4 Å². The van der Waals surface area contributed by atoms with Crippen molar-refractivity contribution in [2.24, 2.45) is 5.92 Å². The lowest BCUT2D eigenvalue weighted by atomic mass is 10.0. The van der Waals surface area contributed by atoms with E-state index in [0.717, 1.165) is 0 Å². The average molecular weight is 273 g/mol. The van der Waals surface area contributed by atoms with Gasteiger partial charge >= 0.3 is 12.0 Å². The molecule has 0 bridgehead atoms. The Labute approximate surface area is 111 Å². The first kappa shape index (κ1) is 15.2. The summed E-state index contributed by atoms with van der Waals surface area (Å²) in [5.41, 5.74) is 0. The van der Waals surface area contributed by atoms with E-state index >= 15 is 0 Å². The van der Waals surface area contributed by atoms with E-state index in [-0.39, 0.29) is 25.7 Å². The summed E-state index contributed by atoms with van der Waals surface area (Å²) in [5.74, 6) is -1.97. The first-order valence-corrected chi connectivity index (χ1v) is 6.04. The van der Waals surface area contributed by atoms with Crippen LogP contribution < -0.4 is 10.6 Å². The summed E-state index contributed by atoms with van der Waals surface area (Å²) in [6.45, 7) is 2.50. The highest BCUT2D eigenvalue weighted by molar-refractivity contribution is 5.84. The van der Waals surface area contributed by atoms with Crippen LogP contribution >= 0.6 is 0 Å². The van der Waals surface area contributed by atoms with Crippen LogP contribution in [0.25, 0.3) is 0 Å². The summed E-state index contributed by atoms with van der Waals surface area (Å²) in [6.07, 6.45) is 0. The number of urea groups is 1. The van der Waals surface area contributed by atoms with Gasteiger partial charge < -0.3 is 25.4 Å². The molecule has 2 atom stereocenters. The molecule has 1 rings (SSSR count). The molecule has 3 amide bonds. The second-order valence-electron chi connectivity index (χ2n) is 4.32. The third-order valence-electron chi connectivity index (χ3n) is 3.01. The van der Waals surface area contributed by atoms with Crippen LogP contribution in [0.15, 0.2) is 0 Å². The van der Waals surface area contributed by atoms with Crippen LogP contribution in [0.2, 0.25) is 0 Å². The summed E-state index contributed by atoms with van der Waals surface area (Å²) in [7, 11) is 1.63. The molecule has 1 aliphatic rings. The van der Waals surface area contributed by atoms with Crippen LogP contribution in [-0.4, -0.2) is 67.3 Å². The fourth-order valence-electron chi connectivity index (χ4n) is 1.63. The Morgan fingerprint density at radius 3 is 2.63 bits per heavy atom. The standard InChI is InChI=1S/C11H19N3O5/c1-3-14(2)9(15)4-12-11(18)13-8-6-19-5-7(8)10(16)17/h7-8H,3-6H2,1-2H3,(H,16,17)(H2,12,13,18). The lowest BCUT2D eigenvalue weighted by Gasteiger charge is -2.18. The largest absolute Gasteiger partial charge is 0.481 e. The van der Waals surface area contributed by atoms with Gasteiger partial charge in [0.05, 0.1) is 25.8 Å². The number of carboxylic acid groups (broad SMARTS) is 1. The molecule has 1 saturated heterocycles. The van der Waals surface area contributed by atoms with Crippen molar-refractivity contribution in [2.75, 3.05) is 33.4 Å². The fourth-order valence-corrected chi connectivity index (χ4v) is 1.63. The Kier molecular flexibility index (Phi) is 5.56. The number of hydrogen-bond acceptors (Lipinski definition) is 4. The molecule has 0 saturated carbocycles. The summed E-state index contributed by atoms with van der Waals surface area (Å²) in [4.78, 5) is 35.3. The van der Waals surface area contributed by atoms with E-state index < -0.39 is 24.0 Å². The lowest BCUT2D eigenvalue weighted by Crippen LogP contribution is -2.49. The van der Waals surface area contributed by atoms with E-state index in [1.54, 1.807) is 7.05 Å². The zero-order valence-electron chi connectivity index (χ0n) is 11.0. The molecule has 8 nitrogen and oxygen atoms in total. The first-order valence-electron chi connectivity index (χ1n) is 6.04. The highest BCUT2D eigenvalue weighted by Gasteiger charge is 2.35. The van der Waals surface area contributed by atoms with Gasteiger partial charge in [-0.1, -0.05) is 0 Å². The predicted octanol–water partition coefficient (Wildman–Crippen LogP) is -1.14. The van der Waals surface area contributed by atoms with Crippen LogP contribution in [0, 0.1) is 5.92 Å². The molecule has 2 unspecified atom stereocenters. The van der Waals surface area contributed by atoms with Crippen molar-refractivity contribution in [1.29, 1.82) is 0 Å². The summed E-state index contributed by atoms with van der Waals surface area (Å²) in [5, 5.41) is 13.8. The number of carbonyl (C=O) groups excluding carboxylic acids is 2. The molecular weight excluding hydrogens is 254 g/mol. The second-order valence-corrected chi connectivity index (χ2v) is 4.32. The Morgan fingerprint density at radius 2 is 2.05 bits per heavy atom. The Balaban J connectivity index is 2.35. The first-order chi connectivity index (χ1) is 8.95. The Hall–Kier alpha value is -1.83. The number of amides is 3. The Morgan fingerprint density at radius 1 is 1.37 bits per heavy atom. The summed E-state index contributed by atoms with van der Waals surface area (Å²) >= 11 is 0. The molecule has 1 heterocycles. The number of rotatable bonds is 5. The molecule has 3 N–H and O–H groups in total. The van der Waals surface area contributed by atoms with Crippen molar-refractivity contribution < 1.29 is 24.2 Å². The highest BCUT2D eigenvalue weighted by atomic mass is 16.5. The number of likely N-dealkylation sites (N-methyl/N-ethyl adjacent to an activating group) is 1. The maximum atomic E-state index is 11.5. The van der Waals surface area contributed by atoms with E-state index in [0.29, 0.717) is 6.54 Å². The molecule has 1 fully saturated rings. The molecule has 0 spiro atoms. The smallest absolute Gasteiger partial charge is 0.315 e. The zero-order chi connectivity index (χ0) is 14.4. The molecule has 19 heavy (non-hydrogen) atoms. The summed E-state index contributed by atoms with van der Waals surface area (Å²) in [6, 6.07) is -1.14. The molecule has 0 aromatic heterocycles. The molecule has 1 aliphatic heterocycles. The molecule has 0 aromatic rings. The fraction of sp³-hybridized carbons (Fsp3) is 0.727. The van der Waals surface area contributed by atoms with E-state index in [1.165, 1.54) is 4.90 Å². The topological polar surface area (TPSA) is 108 Å². The minimum absolute atomic E-state index is 0.0811. The van der Waals surface area contributed by atoms with Gasteiger partial charge in [-0.15, -0.1) is 0 Å². The molecule has 0 radical (unpaired) electrons. The molecular formula is C11H19N3O5. The van der Waals surface area contributed by atoms with Crippen LogP contribution in [0.3, 0.4) is 0 Å². The van der Waals surface area contributed by atoms with Crippen LogP contribution in [-0.2, 0) is 14.3 Å². The monoisotopic (exact) mass is 273 g/mol. The van der Waals surface area contributed by atoms with E-state index in [4.69, 9.17) is 9.84 Å². The minimum Gasteiger partial charge on any atom is -0.481 e. The van der Waals surface area contributed by atoms with Gasteiger partial charge in [0.15, 0.2) is 0 Å². The van der Waals surface area contributed by atoms with Gasteiger partial charge in [0.1, 0.15) is 5.92 Å². The third-order valence-corrected chi connectivity index (χ3v) is 3.01.